The number of benzene rings is 7. The molecule has 0 fully saturated rings. The van der Waals surface area contributed by atoms with Gasteiger partial charge in [0.15, 0.2) is 0 Å². The van der Waals surface area contributed by atoms with E-state index < -0.39 is 0 Å². The molecule has 2 nitrogen and oxygen atoms in total. The average molecular weight is 573 g/mol. The Labute approximate surface area is 261 Å². The molecule has 210 valence electrons. The number of fused-ring (bicyclic) bond motifs is 10. The summed E-state index contributed by atoms with van der Waals surface area (Å²) in [5, 5.41) is 5.17. The van der Waals surface area contributed by atoms with Crippen molar-refractivity contribution in [1.82, 2.24) is 9.13 Å². The maximum atomic E-state index is 2.51. The van der Waals surface area contributed by atoms with Crippen molar-refractivity contribution in [2.75, 3.05) is 0 Å². The van der Waals surface area contributed by atoms with E-state index in [9.17, 15) is 0 Å². The molecule has 0 spiro atoms. The summed E-state index contributed by atoms with van der Waals surface area (Å²) < 4.78 is 4.95. The van der Waals surface area contributed by atoms with Crippen molar-refractivity contribution in [1.29, 1.82) is 0 Å². The molecule has 9 aromatic rings. The third kappa shape index (κ3) is 3.45. The highest BCUT2D eigenvalue weighted by Crippen LogP contribution is 2.45. The largest absolute Gasteiger partial charge is 0.309 e. The summed E-state index contributed by atoms with van der Waals surface area (Å²) in [5.74, 6) is 0. The van der Waals surface area contributed by atoms with E-state index in [1.54, 1.807) is 0 Å². The summed E-state index contributed by atoms with van der Waals surface area (Å²) in [7, 11) is 0. The van der Waals surface area contributed by atoms with Crippen LogP contribution in [-0.2, 0) is 6.42 Å². The van der Waals surface area contributed by atoms with Gasteiger partial charge in [-0.05, 0) is 75.8 Å². The fraction of sp³-hybridized carbons (Fsp3) is 0.0233. The van der Waals surface area contributed by atoms with Gasteiger partial charge in [0, 0.05) is 33.7 Å². The number of aromatic nitrogens is 2. The first-order valence-electron chi connectivity index (χ1n) is 15.7. The SMILES string of the molecule is c1ccc(-c2cccc(-n3c4ccccc4c4c5c6ccccc6n(-c6cccc7c6Cc6ccccc6-7)c5ccc43)c2)cc1. The lowest BCUT2D eigenvalue weighted by atomic mass is 10.0. The molecule has 45 heavy (non-hydrogen) atoms. The zero-order valence-electron chi connectivity index (χ0n) is 24.6. The summed E-state index contributed by atoms with van der Waals surface area (Å²) in [6.07, 6.45) is 0.953. The molecule has 0 aliphatic heterocycles. The standard InChI is InChI=1S/C43H28N2/c1-2-12-28(13-3-1)29-15-10-16-31(26-29)44-37-21-8-6-18-34(37)42-40(44)24-25-41-43(42)35-19-7-9-22-38(35)45(41)39-23-11-20-33-32-17-5-4-14-30(32)27-36(33)39/h1-26H,27H2. The van der Waals surface area contributed by atoms with Gasteiger partial charge < -0.3 is 9.13 Å². The second-order valence-electron chi connectivity index (χ2n) is 12.1. The number of rotatable bonds is 3. The zero-order valence-corrected chi connectivity index (χ0v) is 24.6. The lowest BCUT2D eigenvalue weighted by molar-refractivity contribution is 1.12. The molecular weight excluding hydrogens is 544 g/mol. The van der Waals surface area contributed by atoms with Crippen LogP contribution in [0.3, 0.4) is 0 Å². The van der Waals surface area contributed by atoms with Crippen molar-refractivity contribution in [2.45, 2.75) is 6.42 Å². The summed E-state index contributed by atoms with van der Waals surface area (Å²) >= 11 is 0. The summed E-state index contributed by atoms with van der Waals surface area (Å²) in [6, 6.07) is 57.7. The van der Waals surface area contributed by atoms with Crippen LogP contribution in [0.15, 0.2) is 158 Å². The van der Waals surface area contributed by atoms with Crippen molar-refractivity contribution in [2.24, 2.45) is 0 Å². The topological polar surface area (TPSA) is 9.86 Å². The molecule has 0 radical (unpaired) electrons. The third-order valence-electron chi connectivity index (χ3n) is 9.75. The van der Waals surface area contributed by atoms with Gasteiger partial charge in [-0.25, -0.2) is 0 Å². The molecule has 0 atom stereocenters. The van der Waals surface area contributed by atoms with E-state index in [0.717, 1.165) is 6.42 Å². The van der Waals surface area contributed by atoms with Gasteiger partial charge in [-0.3, -0.25) is 0 Å². The van der Waals surface area contributed by atoms with E-state index in [2.05, 4.69) is 167 Å². The average Bonchev–Trinajstić information content (AvgIpc) is 3.76. The maximum absolute atomic E-state index is 2.51. The van der Waals surface area contributed by atoms with Crippen molar-refractivity contribution >= 4 is 43.6 Å². The monoisotopic (exact) mass is 572 g/mol. The fourth-order valence-electron chi connectivity index (χ4n) is 7.86. The smallest absolute Gasteiger partial charge is 0.0549 e. The minimum Gasteiger partial charge on any atom is -0.309 e. The van der Waals surface area contributed by atoms with E-state index in [4.69, 9.17) is 0 Å². The highest BCUT2D eigenvalue weighted by Gasteiger charge is 2.25. The Morgan fingerprint density at radius 1 is 0.400 bits per heavy atom. The van der Waals surface area contributed by atoms with Gasteiger partial charge in [-0.1, -0.05) is 115 Å². The quantitative estimate of drug-likeness (QED) is 0.199. The van der Waals surface area contributed by atoms with Crippen LogP contribution in [0.4, 0.5) is 0 Å². The molecule has 1 aliphatic carbocycles. The Balaban J connectivity index is 1.29. The zero-order chi connectivity index (χ0) is 29.5. The van der Waals surface area contributed by atoms with E-state index in [1.807, 2.05) is 0 Å². The third-order valence-corrected chi connectivity index (χ3v) is 9.75. The molecular formula is C43H28N2. The van der Waals surface area contributed by atoms with Crippen molar-refractivity contribution in [3.8, 4) is 33.6 Å². The molecule has 2 heterocycles. The van der Waals surface area contributed by atoms with E-state index in [0.29, 0.717) is 0 Å². The summed E-state index contributed by atoms with van der Waals surface area (Å²) in [5.41, 5.74) is 15.3. The van der Waals surface area contributed by atoms with Gasteiger partial charge >= 0.3 is 0 Å². The lowest BCUT2D eigenvalue weighted by Gasteiger charge is -2.13. The molecule has 1 aliphatic rings. The number of hydrogen-bond donors (Lipinski definition) is 0. The molecule has 0 saturated heterocycles. The molecule has 2 aromatic heterocycles. The first-order chi connectivity index (χ1) is 22.3. The number of hydrogen-bond acceptors (Lipinski definition) is 0. The molecule has 0 saturated carbocycles. The second-order valence-corrected chi connectivity index (χ2v) is 12.1. The van der Waals surface area contributed by atoms with Crippen LogP contribution in [0, 0.1) is 0 Å². The second kappa shape index (κ2) is 9.32. The van der Waals surface area contributed by atoms with E-state index in [-0.39, 0.29) is 0 Å². The Kier molecular flexibility index (Phi) is 5.09. The normalized spacial score (nSPS) is 12.4. The molecule has 0 bridgehead atoms. The van der Waals surface area contributed by atoms with Crippen LogP contribution < -0.4 is 0 Å². The van der Waals surface area contributed by atoms with Crippen LogP contribution in [0.1, 0.15) is 11.1 Å². The van der Waals surface area contributed by atoms with E-state index >= 15 is 0 Å². The van der Waals surface area contributed by atoms with Gasteiger partial charge in [0.25, 0.3) is 0 Å². The van der Waals surface area contributed by atoms with Crippen LogP contribution in [-0.4, -0.2) is 9.13 Å². The maximum Gasteiger partial charge on any atom is 0.0549 e. The van der Waals surface area contributed by atoms with Crippen LogP contribution in [0.5, 0.6) is 0 Å². The van der Waals surface area contributed by atoms with Gasteiger partial charge in [0.05, 0.1) is 27.8 Å². The predicted octanol–water partition coefficient (Wildman–Crippen LogP) is 11.1. The highest BCUT2D eigenvalue weighted by atomic mass is 15.0. The van der Waals surface area contributed by atoms with Crippen LogP contribution >= 0.6 is 0 Å². The fourth-order valence-corrected chi connectivity index (χ4v) is 7.86. The van der Waals surface area contributed by atoms with E-state index in [1.165, 1.54) is 88.4 Å². The lowest BCUT2D eigenvalue weighted by Crippen LogP contribution is -1.99. The Hall–Kier alpha value is -5.86. The Morgan fingerprint density at radius 2 is 1.00 bits per heavy atom. The van der Waals surface area contributed by atoms with Gasteiger partial charge in [-0.2, -0.15) is 0 Å². The summed E-state index contributed by atoms with van der Waals surface area (Å²) in [4.78, 5) is 0. The number of nitrogens with zero attached hydrogens (tertiary/aromatic N) is 2. The minimum absolute atomic E-state index is 0.953. The van der Waals surface area contributed by atoms with Gasteiger partial charge in [0.1, 0.15) is 0 Å². The molecule has 0 amide bonds. The molecule has 0 N–H and O–H groups in total. The van der Waals surface area contributed by atoms with Crippen molar-refractivity contribution < 1.29 is 0 Å². The number of para-hydroxylation sites is 2. The van der Waals surface area contributed by atoms with Crippen molar-refractivity contribution in [3.63, 3.8) is 0 Å². The summed E-state index contributed by atoms with van der Waals surface area (Å²) in [6.45, 7) is 0. The van der Waals surface area contributed by atoms with Gasteiger partial charge in [-0.15, -0.1) is 0 Å². The Morgan fingerprint density at radius 3 is 1.80 bits per heavy atom. The highest BCUT2D eigenvalue weighted by molar-refractivity contribution is 6.29. The first kappa shape index (κ1) is 24.6. The van der Waals surface area contributed by atoms with Crippen LogP contribution in [0.25, 0.3) is 77.2 Å². The first-order valence-corrected chi connectivity index (χ1v) is 15.7. The van der Waals surface area contributed by atoms with Crippen LogP contribution in [0.2, 0.25) is 0 Å². The molecule has 7 aromatic carbocycles. The predicted molar refractivity (Wildman–Crippen MR) is 189 cm³/mol. The molecule has 10 rings (SSSR count). The van der Waals surface area contributed by atoms with Crippen molar-refractivity contribution in [3.05, 3.63) is 169 Å². The Bertz CT molecular complexity index is 2620. The van der Waals surface area contributed by atoms with Gasteiger partial charge in [0.2, 0.25) is 0 Å². The molecule has 2 heteroatoms. The minimum atomic E-state index is 0.953. The molecule has 0 unspecified atom stereocenters.